The Morgan fingerprint density at radius 1 is 1.55 bits per heavy atom. The summed E-state index contributed by atoms with van der Waals surface area (Å²) in [6.45, 7) is 0. The summed E-state index contributed by atoms with van der Waals surface area (Å²) in [5, 5.41) is 0. The van der Waals surface area contributed by atoms with Gasteiger partial charge >= 0.3 is 0 Å². The monoisotopic (exact) mass is 186 g/mol. The molecular weight excluding hydrogens is 183 g/mol. The van der Waals surface area contributed by atoms with Crippen molar-refractivity contribution in [3.63, 3.8) is 0 Å². The Bertz CT molecular complexity index is 445. The van der Waals surface area contributed by atoms with Gasteiger partial charge in [-0.1, -0.05) is 0 Å². The number of aromatic amines is 1. The summed E-state index contributed by atoms with van der Waals surface area (Å²) in [4.78, 5) is 6.44. The van der Waals surface area contributed by atoms with Gasteiger partial charge in [-0.05, 0) is 12.2 Å². The summed E-state index contributed by atoms with van der Waals surface area (Å²) in [6.07, 6.45) is 2.76. The van der Waals surface area contributed by atoms with Crippen LogP contribution in [-0.2, 0) is 0 Å². The van der Waals surface area contributed by atoms with Crippen LogP contribution in [0.3, 0.4) is 0 Å². The van der Waals surface area contributed by atoms with Crippen LogP contribution in [0.15, 0.2) is 12.4 Å². The molecule has 0 amide bonds. The zero-order valence-corrected chi connectivity index (χ0v) is 6.93. The molecule has 0 atom stereocenters. The quantitative estimate of drug-likeness (QED) is 0.640. The number of hydrogen-bond donors (Lipinski definition) is 1. The molecule has 0 spiro atoms. The molecule has 11 heavy (non-hydrogen) atoms. The minimum absolute atomic E-state index is 0.352. The van der Waals surface area contributed by atoms with Crippen molar-refractivity contribution in [2.45, 2.75) is 0 Å². The van der Waals surface area contributed by atoms with Gasteiger partial charge in [-0.15, -0.1) is 11.3 Å². The van der Waals surface area contributed by atoms with E-state index in [-0.39, 0.29) is 5.82 Å². The van der Waals surface area contributed by atoms with Gasteiger partial charge in [0, 0.05) is 6.20 Å². The van der Waals surface area contributed by atoms with Crippen LogP contribution in [0.2, 0.25) is 0 Å². The molecule has 0 radical (unpaired) electrons. The molecule has 0 saturated carbocycles. The smallest absolute Gasteiger partial charge is 0.166 e. The number of pyridine rings is 1. The highest BCUT2D eigenvalue weighted by molar-refractivity contribution is 7.73. The second kappa shape index (κ2) is 2.35. The highest BCUT2D eigenvalue weighted by atomic mass is 32.1. The third-order valence-electron chi connectivity index (χ3n) is 1.29. The molecule has 0 bridgehead atoms. The van der Waals surface area contributed by atoms with E-state index in [1.807, 2.05) is 0 Å². The second-order valence-electron chi connectivity index (χ2n) is 2.01. The van der Waals surface area contributed by atoms with Crippen LogP contribution in [0.4, 0.5) is 4.39 Å². The molecule has 0 aliphatic rings. The molecule has 0 saturated heterocycles. The van der Waals surface area contributed by atoms with Crippen LogP contribution in [0.25, 0.3) is 10.2 Å². The Morgan fingerprint density at radius 2 is 2.36 bits per heavy atom. The third kappa shape index (κ3) is 1.06. The van der Waals surface area contributed by atoms with Crippen LogP contribution in [0.1, 0.15) is 0 Å². The molecule has 2 heterocycles. The minimum atomic E-state index is -0.352. The van der Waals surface area contributed by atoms with Crippen molar-refractivity contribution in [3.8, 4) is 0 Å². The number of halogens is 1. The van der Waals surface area contributed by atoms with Crippen molar-refractivity contribution in [3.05, 3.63) is 22.2 Å². The first kappa shape index (κ1) is 6.87. The minimum Gasteiger partial charge on any atom is -0.334 e. The summed E-state index contributed by atoms with van der Waals surface area (Å²) in [5.41, 5.74) is 0.454. The van der Waals surface area contributed by atoms with Gasteiger partial charge in [-0.25, -0.2) is 4.39 Å². The van der Waals surface area contributed by atoms with Gasteiger partial charge in [-0.2, -0.15) is 0 Å². The van der Waals surface area contributed by atoms with E-state index in [9.17, 15) is 4.39 Å². The molecule has 2 aromatic heterocycles. The molecular formula is C6H3FN2S2. The summed E-state index contributed by atoms with van der Waals surface area (Å²) < 4.78 is 14.2. The highest BCUT2D eigenvalue weighted by Crippen LogP contribution is 2.19. The van der Waals surface area contributed by atoms with E-state index < -0.39 is 0 Å². The van der Waals surface area contributed by atoms with E-state index in [0.717, 1.165) is 4.70 Å². The van der Waals surface area contributed by atoms with Gasteiger partial charge in [0.2, 0.25) is 0 Å². The first-order valence-corrected chi connectivity index (χ1v) is 4.12. The number of fused-ring (bicyclic) bond motifs is 1. The standard InChI is InChI=1S/C6H3FN2S2/c7-3-1-8-2-4-5(3)9-6(10)11-4/h1-2H,(H,9,10). The maximum absolute atomic E-state index is 12.9. The van der Waals surface area contributed by atoms with Crippen LogP contribution in [-0.4, -0.2) is 9.97 Å². The lowest BCUT2D eigenvalue weighted by molar-refractivity contribution is 0.631. The van der Waals surface area contributed by atoms with Gasteiger partial charge in [0.05, 0.1) is 16.4 Å². The maximum atomic E-state index is 12.9. The first-order chi connectivity index (χ1) is 5.27. The van der Waals surface area contributed by atoms with Crippen molar-refractivity contribution in [2.24, 2.45) is 0 Å². The molecule has 2 nitrogen and oxygen atoms in total. The largest absolute Gasteiger partial charge is 0.334 e. The first-order valence-electron chi connectivity index (χ1n) is 2.90. The zero-order chi connectivity index (χ0) is 7.84. The Hall–Kier alpha value is -0.810. The number of nitrogens with one attached hydrogen (secondary N) is 1. The van der Waals surface area contributed by atoms with Crippen molar-refractivity contribution in [1.29, 1.82) is 0 Å². The maximum Gasteiger partial charge on any atom is 0.166 e. The highest BCUT2D eigenvalue weighted by Gasteiger charge is 2.01. The van der Waals surface area contributed by atoms with E-state index in [0.29, 0.717) is 9.47 Å². The summed E-state index contributed by atoms with van der Waals surface area (Å²) in [7, 11) is 0. The molecule has 0 aliphatic carbocycles. The fourth-order valence-electron chi connectivity index (χ4n) is 0.843. The number of aromatic nitrogens is 2. The van der Waals surface area contributed by atoms with Crippen LogP contribution in [0.5, 0.6) is 0 Å². The SMILES string of the molecule is Fc1cncc2sc(=S)[nH]c12. The van der Waals surface area contributed by atoms with Crippen LogP contribution >= 0.6 is 23.6 Å². The molecule has 2 aromatic rings. The third-order valence-corrected chi connectivity index (χ3v) is 2.46. The van der Waals surface area contributed by atoms with Gasteiger partial charge in [-0.3, -0.25) is 4.98 Å². The predicted molar refractivity (Wildman–Crippen MR) is 44.8 cm³/mol. The Labute approximate surface area is 70.7 Å². The topological polar surface area (TPSA) is 28.7 Å². The normalized spacial score (nSPS) is 10.6. The van der Waals surface area contributed by atoms with E-state index >= 15 is 0 Å². The van der Waals surface area contributed by atoms with Gasteiger partial charge in [0.25, 0.3) is 0 Å². The van der Waals surface area contributed by atoms with E-state index in [4.69, 9.17) is 12.2 Å². The molecule has 0 aliphatic heterocycles. The van der Waals surface area contributed by atoms with Crippen LogP contribution < -0.4 is 0 Å². The Balaban J connectivity index is 3.01. The molecule has 5 heteroatoms. The second-order valence-corrected chi connectivity index (χ2v) is 3.73. The Kier molecular flexibility index (Phi) is 1.47. The molecule has 56 valence electrons. The van der Waals surface area contributed by atoms with E-state index in [1.165, 1.54) is 17.5 Å². The van der Waals surface area contributed by atoms with E-state index in [2.05, 4.69) is 9.97 Å². The van der Waals surface area contributed by atoms with Gasteiger partial charge in [0.15, 0.2) is 9.77 Å². The number of hydrogen-bond acceptors (Lipinski definition) is 3. The van der Waals surface area contributed by atoms with Gasteiger partial charge < -0.3 is 4.98 Å². The lowest BCUT2D eigenvalue weighted by Crippen LogP contribution is -1.78. The fourth-order valence-corrected chi connectivity index (χ4v) is 1.93. The average Bonchev–Trinajstić information content (AvgIpc) is 2.31. The predicted octanol–water partition coefficient (Wildman–Crippen LogP) is 2.49. The number of rotatable bonds is 0. The van der Waals surface area contributed by atoms with Crippen molar-refractivity contribution in [2.75, 3.05) is 0 Å². The molecule has 2 rings (SSSR count). The van der Waals surface area contributed by atoms with Crippen molar-refractivity contribution in [1.82, 2.24) is 9.97 Å². The number of nitrogens with zero attached hydrogens (tertiary/aromatic N) is 1. The summed E-state index contributed by atoms with van der Waals surface area (Å²) in [5.74, 6) is -0.352. The van der Waals surface area contributed by atoms with Gasteiger partial charge in [0.1, 0.15) is 0 Å². The van der Waals surface area contributed by atoms with Crippen molar-refractivity contribution < 1.29 is 4.39 Å². The van der Waals surface area contributed by atoms with Crippen molar-refractivity contribution >= 4 is 33.8 Å². The molecule has 0 unspecified atom stereocenters. The summed E-state index contributed by atoms with van der Waals surface area (Å²) in [6, 6.07) is 0. The molecule has 1 N–H and O–H groups in total. The van der Waals surface area contributed by atoms with E-state index in [1.54, 1.807) is 6.20 Å². The fraction of sp³-hybridized carbons (Fsp3) is 0. The lowest BCUT2D eigenvalue weighted by atomic mass is 10.4. The number of H-pyrrole nitrogens is 1. The Morgan fingerprint density at radius 3 is 3.09 bits per heavy atom. The number of thiazole rings is 1. The summed E-state index contributed by atoms with van der Waals surface area (Å²) >= 11 is 6.16. The lowest BCUT2D eigenvalue weighted by Gasteiger charge is -1.86. The van der Waals surface area contributed by atoms with Crippen LogP contribution in [0, 0.1) is 9.77 Å². The molecule has 0 aromatic carbocycles. The average molecular weight is 186 g/mol. The zero-order valence-electron chi connectivity index (χ0n) is 5.30. The molecule has 0 fully saturated rings.